The van der Waals surface area contributed by atoms with Crippen molar-refractivity contribution < 1.29 is 15.0 Å². The second-order valence-corrected chi connectivity index (χ2v) is 12.7. The lowest BCUT2D eigenvalue weighted by Crippen LogP contribution is -2.10. The molecule has 6 aromatic rings. The highest BCUT2D eigenvalue weighted by Gasteiger charge is 2.20. The zero-order chi connectivity index (χ0) is 31.1. The number of carboxylic acids is 1. The number of pyridine rings is 1. The lowest BCUT2D eigenvalue weighted by molar-refractivity contribution is -0.136. The van der Waals surface area contributed by atoms with Gasteiger partial charge in [-0.3, -0.25) is 14.5 Å². The van der Waals surface area contributed by atoms with Crippen molar-refractivity contribution in [3.63, 3.8) is 0 Å². The fourth-order valence-corrected chi connectivity index (χ4v) is 5.93. The Morgan fingerprint density at radius 3 is 2.40 bits per heavy atom. The minimum Gasteiger partial charge on any atom is -0.481 e. The first-order valence-corrected chi connectivity index (χ1v) is 14.7. The lowest BCUT2D eigenvalue weighted by atomic mass is 9.93. The third-order valence-corrected chi connectivity index (χ3v) is 7.86. The molecule has 6 rings (SSSR count). The predicted octanol–water partition coefficient (Wildman–Crippen LogP) is 7.04. The molecule has 2 aromatic carbocycles. The number of benzene rings is 2. The summed E-state index contributed by atoms with van der Waals surface area (Å²) in [4.78, 5) is 30.4. The van der Waals surface area contributed by atoms with Crippen LogP contribution >= 0.6 is 22.9 Å². The molecule has 0 saturated carbocycles. The van der Waals surface area contributed by atoms with Gasteiger partial charge in [-0.05, 0) is 81.6 Å². The molecule has 0 aliphatic rings. The van der Waals surface area contributed by atoms with E-state index in [4.69, 9.17) is 26.7 Å². The van der Waals surface area contributed by atoms with Crippen LogP contribution in [-0.2, 0) is 18.3 Å². The molecular weight excluding hydrogens is 584 g/mol. The van der Waals surface area contributed by atoms with Crippen LogP contribution in [0.4, 0.5) is 0 Å². The smallest absolute Gasteiger partial charge is 0.307 e. The van der Waals surface area contributed by atoms with Gasteiger partial charge in [0.2, 0.25) is 0 Å². The van der Waals surface area contributed by atoms with Gasteiger partial charge in [-0.1, -0.05) is 23.7 Å². The molecule has 0 bridgehead atoms. The number of hydrogen-bond donors (Lipinski definition) is 2. The van der Waals surface area contributed by atoms with Gasteiger partial charge in [0.15, 0.2) is 5.82 Å². The number of nitrogens with zero attached hydrogens (tertiary/aromatic N) is 6. The maximum atomic E-state index is 11.7. The highest BCUT2D eigenvalue weighted by Crippen LogP contribution is 2.41. The molecule has 4 heterocycles. The van der Waals surface area contributed by atoms with Crippen molar-refractivity contribution in [1.29, 1.82) is 0 Å². The van der Waals surface area contributed by atoms with Gasteiger partial charge in [0.1, 0.15) is 21.7 Å². The van der Waals surface area contributed by atoms with Crippen molar-refractivity contribution in [2.24, 2.45) is 7.05 Å². The van der Waals surface area contributed by atoms with Gasteiger partial charge in [0.25, 0.3) is 0 Å². The molecule has 0 fully saturated rings. The molecule has 0 radical (unpaired) electrons. The van der Waals surface area contributed by atoms with Crippen LogP contribution in [0.1, 0.15) is 37.6 Å². The Bertz CT molecular complexity index is 1970. The minimum atomic E-state index is -0.882. The number of hydrogen-bond acceptors (Lipinski definition) is 8. The minimum absolute atomic E-state index is 0.0834. The Kier molecular flexibility index (Phi) is 8.29. The van der Waals surface area contributed by atoms with E-state index >= 15 is 0 Å². The van der Waals surface area contributed by atoms with Crippen LogP contribution in [0.2, 0.25) is 5.02 Å². The second kappa shape index (κ2) is 11.8. The van der Waals surface area contributed by atoms with E-state index < -0.39 is 11.6 Å². The molecule has 2 N–H and O–H groups in total. The molecule has 11 heteroatoms. The summed E-state index contributed by atoms with van der Waals surface area (Å²) in [5.41, 5.74) is 7.72. The van der Waals surface area contributed by atoms with E-state index in [2.05, 4.69) is 15.1 Å². The number of carbonyl (C=O) groups is 1. The van der Waals surface area contributed by atoms with Gasteiger partial charge < -0.3 is 10.2 Å². The summed E-state index contributed by atoms with van der Waals surface area (Å²) in [5, 5.41) is 24.0. The predicted molar refractivity (Wildman–Crippen MR) is 171 cm³/mol. The van der Waals surface area contributed by atoms with Crippen LogP contribution in [0.5, 0.6) is 0 Å². The molecule has 0 aliphatic carbocycles. The van der Waals surface area contributed by atoms with Crippen LogP contribution in [0.25, 0.3) is 54.5 Å². The first-order valence-electron chi connectivity index (χ1n) is 13.5. The van der Waals surface area contributed by atoms with Gasteiger partial charge in [0, 0.05) is 29.4 Å². The Hall–Kier alpha value is -4.25. The van der Waals surface area contributed by atoms with Crippen LogP contribution in [0.15, 0.2) is 54.9 Å². The first kappa shape index (κ1) is 30.2. The molecule has 0 saturated heterocycles. The summed E-state index contributed by atoms with van der Waals surface area (Å²) in [6, 6.07) is 13.2. The maximum absolute atomic E-state index is 11.7. The van der Waals surface area contributed by atoms with E-state index in [9.17, 15) is 9.90 Å². The molecule has 0 unspecified atom stereocenters. The summed E-state index contributed by atoms with van der Waals surface area (Å²) in [7, 11) is 1.87. The highest BCUT2D eigenvalue weighted by atomic mass is 35.5. The zero-order valence-electron chi connectivity index (χ0n) is 24.7. The van der Waals surface area contributed by atoms with Crippen LogP contribution in [0.3, 0.4) is 0 Å². The SMILES string of the molecule is CC(C)(C)O.Cc1cc2nc(-c3ccnc(-c4ncc5c(n4)c(C)nn5C)c3)sc2c(-c2ccc(Cl)cc2)c1CC(=O)O. The third kappa shape index (κ3) is 6.72. The molecule has 4 aromatic heterocycles. The Labute approximate surface area is 257 Å². The Morgan fingerprint density at radius 2 is 1.72 bits per heavy atom. The summed E-state index contributed by atoms with van der Waals surface area (Å²) in [6.45, 7) is 9.07. The van der Waals surface area contributed by atoms with E-state index in [1.807, 2.05) is 63.4 Å². The second-order valence-electron chi connectivity index (χ2n) is 11.2. The largest absolute Gasteiger partial charge is 0.481 e. The Morgan fingerprint density at radius 1 is 1.02 bits per heavy atom. The van der Waals surface area contributed by atoms with Gasteiger partial charge in [-0.2, -0.15) is 5.10 Å². The summed E-state index contributed by atoms with van der Waals surface area (Å²) in [5.74, 6) is -0.370. The number of aliphatic hydroxyl groups is 1. The quantitative estimate of drug-likeness (QED) is 0.212. The topological polar surface area (TPSA) is 127 Å². The van der Waals surface area contributed by atoms with Crippen LogP contribution < -0.4 is 0 Å². The number of aryl methyl sites for hydroxylation is 3. The number of aromatic nitrogens is 6. The number of halogens is 1. The van der Waals surface area contributed by atoms with Gasteiger partial charge in [0.05, 0.1) is 34.1 Å². The van der Waals surface area contributed by atoms with E-state index in [0.29, 0.717) is 16.5 Å². The van der Waals surface area contributed by atoms with E-state index in [1.165, 1.54) is 11.3 Å². The first-order chi connectivity index (χ1) is 20.3. The zero-order valence-corrected chi connectivity index (χ0v) is 26.2. The van der Waals surface area contributed by atoms with Crippen LogP contribution in [-0.4, -0.2) is 51.5 Å². The molecule has 43 heavy (non-hydrogen) atoms. The average Bonchev–Trinajstić information content (AvgIpc) is 3.48. The van der Waals surface area contributed by atoms with E-state index in [-0.39, 0.29) is 6.42 Å². The molecule has 0 aliphatic heterocycles. The van der Waals surface area contributed by atoms with Crippen molar-refractivity contribution in [1.82, 2.24) is 29.7 Å². The highest BCUT2D eigenvalue weighted by molar-refractivity contribution is 7.22. The van der Waals surface area contributed by atoms with Crippen molar-refractivity contribution in [2.45, 2.75) is 46.6 Å². The molecule has 0 amide bonds. The van der Waals surface area contributed by atoms with Crippen molar-refractivity contribution >= 4 is 50.2 Å². The summed E-state index contributed by atoms with van der Waals surface area (Å²) in [6.07, 6.45) is 3.40. The number of aliphatic carboxylic acids is 1. The normalized spacial score (nSPS) is 11.5. The van der Waals surface area contributed by atoms with Gasteiger partial charge >= 0.3 is 5.97 Å². The number of thiazole rings is 1. The van der Waals surface area contributed by atoms with Gasteiger partial charge in [-0.25, -0.2) is 15.0 Å². The summed E-state index contributed by atoms with van der Waals surface area (Å²) >= 11 is 7.66. The van der Waals surface area contributed by atoms with Crippen LogP contribution in [0, 0.1) is 13.8 Å². The number of carboxylic acid groups (broad SMARTS) is 1. The van der Waals surface area contributed by atoms with E-state index in [0.717, 1.165) is 59.8 Å². The molecule has 220 valence electrons. The van der Waals surface area contributed by atoms with Crippen molar-refractivity contribution in [3.05, 3.63) is 76.7 Å². The summed E-state index contributed by atoms with van der Waals surface area (Å²) < 4.78 is 2.68. The molecule has 0 atom stereocenters. The number of fused-ring (bicyclic) bond motifs is 2. The molecule has 0 spiro atoms. The average molecular weight is 615 g/mol. The van der Waals surface area contributed by atoms with Crippen molar-refractivity contribution in [2.75, 3.05) is 0 Å². The van der Waals surface area contributed by atoms with E-state index in [1.54, 1.807) is 37.8 Å². The number of rotatable bonds is 5. The molecule has 9 nitrogen and oxygen atoms in total. The fourth-order valence-electron chi connectivity index (χ4n) is 4.67. The van der Waals surface area contributed by atoms with Crippen molar-refractivity contribution in [3.8, 4) is 33.2 Å². The lowest BCUT2D eigenvalue weighted by Gasteiger charge is -2.13. The van der Waals surface area contributed by atoms with Gasteiger partial charge in [-0.15, -0.1) is 11.3 Å². The maximum Gasteiger partial charge on any atom is 0.307 e. The monoisotopic (exact) mass is 614 g/mol. The fraction of sp³-hybridized carbons (Fsp3) is 0.250. The molecular formula is C32H31ClN6O3S. The third-order valence-electron chi connectivity index (χ3n) is 6.47. The standard InChI is InChI=1S/C28H21ClN6O2S.C4H10O/c1-14-10-20-26(24(19(14)12-23(36)37)16-4-6-18(29)7-5-16)38-28(32-20)17-8-9-30-21(11-17)27-31-13-22-25(33-27)15(2)34-35(22)3;1-4(2,3)5/h4-11,13H,12H2,1-3H3,(H,36,37);5H,1-3H3. The Balaban J connectivity index is 0.000000682.